The van der Waals surface area contributed by atoms with Crippen molar-refractivity contribution in [3.05, 3.63) is 58.0 Å². The number of aromatic nitrogens is 2. The highest BCUT2D eigenvalue weighted by molar-refractivity contribution is 7.98. The van der Waals surface area contributed by atoms with Gasteiger partial charge in [0.25, 0.3) is 5.56 Å². The van der Waals surface area contributed by atoms with Crippen molar-refractivity contribution in [2.24, 2.45) is 0 Å². The van der Waals surface area contributed by atoms with Gasteiger partial charge >= 0.3 is 0 Å². The number of hydrogen-bond donors (Lipinski definition) is 1. The molecule has 0 fully saturated rings. The van der Waals surface area contributed by atoms with Gasteiger partial charge in [-0.25, -0.2) is 4.98 Å². The Hall–Kier alpha value is -1.79. The molecule has 2 heterocycles. The van der Waals surface area contributed by atoms with E-state index < -0.39 is 0 Å². The molecule has 0 aliphatic carbocycles. The van der Waals surface area contributed by atoms with Gasteiger partial charge in [-0.1, -0.05) is 12.1 Å². The molecule has 0 bridgehead atoms. The number of nitrogen functional groups attached to an aromatic ring is 1. The summed E-state index contributed by atoms with van der Waals surface area (Å²) in [6.07, 6.45) is 1.74. The van der Waals surface area contributed by atoms with Crippen LogP contribution < -0.4 is 11.3 Å². The van der Waals surface area contributed by atoms with E-state index >= 15 is 0 Å². The van der Waals surface area contributed by atoms with E-state index in [2.05, 4.69) is 4.98 Å². The molecular weight excluding hydrogens is 278 g/mol. The maximum Gasteiger partial charge on any atom is 0.258 e. The molecule has 4 nitrogen and oxygen atoms in total. The third-order valence-corrected chi connectivity index (χ3v) is 4.53. The lowest BCUT2D eigenvalue weighted by atomic mass is 10.3. The monoisotopic (exact) mass is 289 g/mol. The van der Waals surface area contributed by atoms with Crippen LogP contribution in [0.4, 0.5) is 5.69 Å². The summed E-state index contributed by atoms with van der Waals surface area (Å²) in [7, 11) is 0. The number of hydrogen-bond acceptors (Lipinski definition) is 5. The van der Waals surface area contributed by atoms with Crippen molar-refractivity contribution in [3.8, 4) is 0 Å². The molecule has 0 unspecified atom stereocenters. The van der Waals surface area contributed by atoms with Crippen molar-refractivity contribution in [3.63, 3.8) is 0 Å². The molecule has 0 aliphatic rings. The van der Waals surface area contributed by atoms with E-state index in [0.717, 1.165) is 21.2 Å². The van der Waals surface area contributed by atoms with Crippen molar-refractivity contribution in [2.45, 2.75) is 10.6 Å². The molecule has 0 saturated heterocycles. The third kappa shape index (κ3) is 2.50. The highest BCUT2D eigenvalue weighted by Crippen LogP contribution is 2.27. The van der Waals surface area contributed by atoms with Gasteiger partial charge in [0.15, 0.2) is 4.96 Å². The van der Waals surface area contributed by atoms with E-state index in [9.17, 15) is 4.79 Å². The summed E-state index contributed by atoms with van der Waals surface area (Å²) >= 11 is 3.05. The van der Waals surface area contributed by atoms with E-state index in [1.165, 1.54) is 11.3 Å². The first-order chi connectivity index (χ1) is 9.24. The van der Waals surface area contributed by atoms with Crippen LogP contribution in [0.3, 0.4) is 0 Å². The molecule has 2 aromatic heterocycles. The minimum Gasteiger partial charge on any atom is -0.398 e. The summed E-state index contributed by atoms with van der Waals surface area (Å²) in [5.41, 5.74) is 7.37. The average molecular weight is 289 g/mol. The molecule has 0 amide bonds. The third-order valence-electron chi connectivity index (χ3n) is 2.65. The minimum absolute atomic E-state index is 0.0390. The number of thioether (sulfide) groups is 1. The quantitative estimate of drug-likeness (QED) is 0.595. The minimum atomic E-state index is -0.0390. The Morgan fingerprint density at radius 3 is 3.05 bits per heavy atom. The first-order valence-electron chi connectivity index (χ1n) is 5.67. The largest absolute Gasteiger partial charge is 0.398 e. The second-order valence-electron chi connectivity index (χ2n) is 3.97. The van der Waals surface area contributed by atoms with Gasteiger partial charge in [-0.05, 0) is 12.1 Å². The number of benzene rings is 1. The number of fused-ring (bicyclic) bond motifs is 1. The van der Waals surface area contributed by atoms with Gasteiger partial charge in [0.2, 0.25) is 0 Å². The SMILES string of the molecule is Nc1ccccc1SCc1cc(=O)n2ccsc2n1. The zero-order valence-electron chi connectivity index (χ0n) is 9.95. The molecular formula is C13H11N3OS2. The van der Waals surface area contributed by atoms with Crippen LogP contribution >= 0.6 is 23.1 Å². The normalized spacial score (nSPS) is 10.9. The zero-order valence-corrected chi connectivity index (χ0v) is 11.6. The number of nitrogens with two attached hydrogens (primary N) is 1. The molecule has 96 valence electrons. The zero-order chi connectivity index (χ0) is 13.2. The van der Waals surface area contributed by atoms with Crippen LogP contribution in [0.15, 0.2) is 51.6 Å². The van der Waals surface area contributed by atoms with E-state index in [1.54, 1.807) is 28.4 Å². The predicted molar refractivity (Wildman–Crippen MR) is 79.8 cm³/mol. The maximum absolute atomic E-state index is 11.8. The average Bonchev–Trinajstić information content (AvgIpc) is 2.87. The summed E-state index contributed by atoms with van der Waals surface area (Å²) in [6.45, 7) is 0. The van der Waals surface area contributed by atoms with Crippen LogP contribution in [0.2, 0.25) is 0 Å². The smallest absolute Gasteiger partial charge is 0.258 e. The van der Waals surface area contributed by atoms with Crippen molar-refractivity contribution in [2.75, 3.05) is 5.73 Å². The number of nitrogens with zero attached hydrogens (tertiary/aromatic N) is 2. The Morgan fingerprint density at radius 1 is 1.37 bits per heavy atom. The van der Waals surface area contributed by atoms with Crippen LogP contribution in [-0.4, -0.2) is 9.38 Å². The summed E-state index contributed by atoms with van der Waals surface area (Å²) in [6, 6.07) is 9.26. The van der Waals surface area contributed by atoms with Gasteiger partial charge in [0, 0.05) is 34.0 Å². The molecule has 19 heavy (non-hydrogen) atoms. The lowest BCUT2D eigenvalue weighted by Gasteiger charge is -2.04. The van der Waals surface area contributed by atoms with E-state index in [4.69, 9.17) is 5.73 Å². The van der Waals surface area contributed by atoms with Crippen molar-refractivity contribution >= 4 is 33.7 Å². The van der Waals surface area contributed by atoms with Crippen molar-refractivity contribution in [1.29, 1.82) is 0 Å². The Bertz CT molecular complexity index is 779. The van der Waals surface area contributed by atoms with Gasteiger partial charge in [-0.3, -0.25) is 9.20 Å². The van der Waals surface area contributed by atoms with Gasteiger partial charge in [-0.15, -0.1) is 23.1 Å². The molecule has 0 spiro atoms. The van der Waals surface area contributed by atoms with Gasteiger partial charge in [-0.2, -0.15) is 0 Å². The lowest BCUT2D eigenvalue weighted by molar-refractivity contribution is 1.04. The molecule has 2 N–H and O–H groups in total. The Kier molecular flexibility index (Phi) is 3.27. The van der Waals surface area contributed by atoms with Gasteiger partial charge in [0.05, 0.1) is 5.69 Å². The van der Waals surface area contributed by atoms with Crippen LogP contribution in [0.1, 0.15) is 5.69 Å². The number of thiazole rings is 1. The van der Waals surface area contributed by atoms with Crippen LogP contribution in [0.5, 0.6) is 0 Å². The predicted octanol–water partition coefficient (Wildman–Crippen LogP) is 2.63. The van der Waals surface area contributed by atoms with Crippen LogP contribution in [-0.2, 0) is 5.75 Å². The standard InChI is InChI=1S/C13H11N3OS2/c14-10-3-1-2-4-11(10)19-8-9-7-12(17)16-5-6-18-13(16)15-9/h1-7H,8,14H2. The fourth-order valence-electron chi connectivity index (χ4n) is 1.73. The number of anilines is 1. The molecule has 0 atom stereocenters. The Labute approximate surface area is 117 Å². The van der Waals surface area contributed by atoms with E-state index in [-0.39, 0.29) is 5.56 Å². The second kappa shape index (κ2) is 5.07. The van der Waals surface area contributed by atoms with Crippen LogP contribution in [0.25, 0.3) is 4.96 Å². The Balaban J connectivity index is 1.86. The lowest BCUT2D eigenvalue weighted by Crippen LogP contribution is -2.12. The summed E-state index contributed by atoms with van der Waals surface area (Å²) in [5, 5.41) is 1.86. The highest BCUT2D eigenvalue weighted by atomic mass is 32.2. The molecule has 1 aromatic carbocycles. The van der Waals surface area contributed by atoms with Crippen molar-refractivity contribution < 1.29 is 0 Å². The fourth-order valence-corrected chi connectivity index (χ4v) is 3.32. The topological polar surface area (TPSA) is 60.4 Å². The number of rotatable bonds is 3. The summed E-state index contributed by atoms with van der Waals surface area (Å²) in [4.78, 5) is 18.0. The van der Waals surface area contributed by atoms with E-state index in [1.807, 2.05) is 29.6 Å². The van der Waals surface area contributed by atoms with Crippen molar-refractivity contribution in [1.82, 2.24) is 9.38 Å². The molecule has 0 saturated carbocycles. The molecule has 0 aliphatic heterocycles. The number of para-hydroxylation sites is 1. The van der Waals surface area contributed by atoms with Gasteiger partial charge < -0.3 is 5.73 Å². The summed E-state index contributed by atoms with van der Waals surface area (Å²) < 4.78 is 1.55. The first-order valence-corrected chi connectivity index (χ1v) is 7.53. The molecule has 0 radical (unpaired) electrons. The molecule has 3 rings (SSSR count). The molecule has 3 aromatic rings. The Morgan fingerprint density at radius 2 is 2.21 bits per heavy atom. The van der Waals surface area contributed by atoms with E-state index in [0.29, 0.717) is 5.75 Å². The first kappa shape index (κ1) is 12.3. The maximum atomic E-state index is 11.8. The summed E-state index contributed by atoms with van der Waals surface area (Å²) in [5.74, 6) is 0.637. The molecule has 6 heteroatoms. The van der Waals surface area contributed by atoms with Gasteiger partial charge in [0.1, 0.15) is 0 Å². The highest BCUT2D eigenvalue weighted by Gasteiger charge is 2.05. The second-order valence-corrected chi connectivity index (χ2v) is 5.86. The fraction of sp³-hybridized carbons (Fsp3) is 0.0769. The van der Waals surface area contributed by atoms with Crippen LogP contribution in [0, 0.1) is 0 Å².